The first-order chi connectivity index (χ1) is 12.6. The Morgan fingerprint density at radius 2 is 1.85 bits per heavy atom. The molecule has 0 fully saturated rings. The van der Waals surface area contributed by atoms with Crippen molar-refractivity contribution < 1.29 is 18.0 Å². The number of nitrogens with one attached hydrogen (secondary N) is 1. The number of anilines is 1. The molecule has 10 heteroatoms. The van der Waals surface area contributed by atoms with Crippen LogP contribution in [-0.4, -0.2) is 25.5 Å². The van der Waals surface area contributed by atoms with Crippen molar-refractivity contribution in [1.29, 1.82) is 0 Å². The largest absolute Gasteiger partial charge is 0.435 e. The van der Waals surface area contributed by atoms with Gasteiger partial charge in [0.15, 0.2) is 5.69 Å². The van der Waals surface area contributed by atoms with Crippen LogP contribution in [0.5, 0.6) is 0 Å². The van der Waals surface area contributed by atoms with Crippen LogP contribution in [0.15, 0.2) is 41.0 Å². The molecule has 2 aromatic heterocycles. The lowest BCUT2D eigenvalue weighted by Gasteiger charge is -2.10. The molecule has 142 valence electrons. The molecular formula is C17H15BrF3N5O. The number of aryl methyl sites for hydroxylation is 2. The maximum absolute atomic E-state index is 12.6. The molecule has 2 heterocycles. The van der Waals surface area contributed by atoms with Crippen LogP contribution in [0.4, 0.5) is 19.0 Å². The van der Waals surface area contributed by atoms with Crippen molar-refractivity contribution in [2.45, 2.75) is 19.6 Å². The fraction of sp³-hybridized carbons (Fsp3) is 0.235. The molecule has 0 saturated heterocycles. The highest BCUT2D eigenvalue weighted by molar-refractivity contribution is 9.10. The van der Waals surface area contributed by atoms with E-state index in [-0.39, 0.29) is 6.54 Å². The van der Waals surface area contributed by atoms with Crippen molar-refractivity contribution in [3.8, 4) is 11.1 Å². The van der Waals surface area contributed by atoms with Gasteiger partial charge in [-0.3, -0.25) is 14.2 Å². The number of aromatic nitrogens is 4. The summed E-state index contributed by atoms with van der Waals surface area (Å²) >= 11 is 3.37. The second-order valence-corrected chi connectivity index (χ2v) is 6.80. The van der Waals surface area contributed by atoms with Crippen LogP contribution in [0.2, 0.25) is 0 Å². The van der Waals surface area contributed by atoms with Crippen LogP contribution in [0.25, 0.3) is 11.1 Å². The van der Waals surface area contributed by atoms with Crippen molar-refractivity contribution in [2.24, 2.45) is 7.05 Å². The highest BCUT2D eigenvalue weighted by Gasteiger charge is 2.33. The van der Waals surface area contributed by atoms with E-state index in [2.05, 4.69) is 31.4 Å². The van der Waals surface area contributed by atoms with Gasteiger partial charge in [-0.1, -0.05) is 28.1 Å². The van der Waals surface area contributed by atoms with E-state index < -0.39 is 17.8 Å². The summed E-state index contributed by atoms with van der Waals surface area (Å²) in [6.07, 6.45) is -3.43. The summed E-state index contributed by atoms with van der Waals surface area (Å²) in [6, 6.07) is 8.33. The fourth-order valence-corrected chi connectivity index (χ4v) is 2.95. The number of hydrogen-bond donors (Lipinski definition) is 1. The van der Waals surface area contributed by atoms with Crippen molar-refractivity contribution >= 4 is 27.7 Å². The SMILES string of the molecule is Cc1nn(C)c(NC(=O)Cn2ccc(C(F)(F)F)n2)c1-c1ccc(Br)cc1. The molecule has 27 heavy (non-hydrogen) atoms. The van der Waals surface area contributed by atoms with E-state index >= 15 is 0 Å². The molecular weight excluding hydrogens is 427 g/mol. The van der Waals surface area contributed by atoms with Crippen LogP contribution < -0.4 is 5.32 Å². The molecule has 0 atom stereocenters. The number of hydrogen-bond acceptors (Lipinski definition) is 3. The Labute approximate surface area is 161 Å². The molecule has 3 rings (SSSR count). The van der Waals surface area contributed by atoms with Gasteiger partial charge in [-0.2, -0.15) is 23.4 Å². The van der Waals surface area contributed by atoms with Crippen LogP contribution in [-0.2, 0) is 24.6 Å². The van der Waals surface area contributed by atoms with Gasteiger partial charge in [0.05, 0.1) is 5.69 Å². The third-order valence-electron chi connectivity index (χ3n) is 3.85. The second-order valence-electron chi connectivity index (χ2n) is 5.88. The van der Waals surface area contributed by atoms with Crippen molar-refractivity contribution in [3.05, 3.63) is 52.4 Å². The minimum Gasteiger partial charge on any atom is -0.309 e. The van der Waals surface area contributed by atoms with E-state index in [1.54, 1.807) is 7.05 Å². The summed E-state index contributed by atoms with van der Waals surface area (Å²) < 4.78 is 41.2. The Balaban J connectivity index is 1.82. The molecule has 0 bridgehead atoms. The zero-order chi connectivity index (χ0) is 19.8. The lowest BCUT2D eigenvalue weighted by atomic mass is 10.1. The number of benzene rings is 1. The molecule has 1 aromatic carbocycles. The van der Waals surface area contributed by atoms with E-state index in [0.29, 0.717) is 11.5 Å². The van der Waals surface area contributed by atoms with E-state index in [4.69, 9.17) is 0 Å². The van der Waals surface area contributed by atoms with Crippen LogP contribution in [0.3, 0.4) is 0 Å². The van der Waals surface area contributed by atoms with Crippen LogP contribution >= 0.6 is 15.9 Å². The monoisotopic (exact) mass is 441 g/mol. The number of carbonyl (C=O) groups is 1. The van der Waals surface area contributed by atoms with Gasteiger partial charge in [0.1, 0.15) is 12.4 Å². The fourth-order valence-electron chi connectivity index (χ4n) is 2.68. The number of alkyl halides is 3. The summed E-state index contributed by atoms with van der Waals surface area (Å²) in [5.74, 6) is -0.0452. The van der Waals surface area contributed by atoms with Gasteiger partial charge in [0.2, 0.25) is 5.91 Å². The average molecular weight is 442 g/mol. The van der Waals surface area contributed by atoms with Gasteiger partial charge in [-0.15, -0.1) is 0 Å². The van der Waals surface area contributed by atoms with Crippen molar-refractivity contribution in [3.63, 3.8) is 0 Å². The van der Waals surface area contributed by atoms with Gasteiger partial charge < -0.3 is 5.32 Å². The zero-order valence-corrected chi connectivity index (χ0v) is 16.0. The molecule has 0 aliphatic rings. The maximum atomic E-state index is 12.6. The van der Waals surface area contributed by atoms with Crippen LogP contribution in [0.1, 0.15) is 11.4 Å². The molecule has 1 N–H and O–H groups in total. The number of nitrogens with zero attached hydrogens (tertiary/aromatic N) is 4. The topological polar surface area (TPSA) is 64.7 Å². The van der Waals surface area contributed by atoms with Gasteiger partial charge >= 0.3 is 6.18 Å². The second kappa shape index (κ2) is 7.18. The van der Waals surface area contributed by atoms with Gasteiger partial charge in [0.25, 0.3) is 0 Å². The maximum Gasteiger partial charge on any atom is 0.435 e. The Kier molecular flexibility index (Phi) is 5.09. The predicted octanol–water partition coefficient (Wildman–Crippen LogP) is 4.01. The number of carbonyl (C=O) groups excluding carboxylic acids is 1. The van der Waals surface area contributed by atoms with E-state index in [9.17, 15) is 18.0 Å². The number of rotatable bonds is 4. The number of halogens is 4. The minimum absolute atomic E-state index is 0.347. The summed E-state index contributed by atoms with van der Waals surface area (Å²) in [6.45, 7) is 1.47. The van der Waals surface area contributed by atoms with Crippen molar-refractivity contribution in [2.75, 3.05) is 5.32 Å². The van der Waals surface area contributed by atoms with E-state index in [1.165, 1.54) is 4.68 Å². The Bertz CT molecular complexity index is 976. The molecule has 0 radical (unpaired) electrons. The van der Waals surface area contributed by atoms with E-state index in [1.807, 2.05) is 31.2 Å². The lowest BCUT2D eigenvalue weighted by Crippen LogP contribution is -2.21. The first-order valence-electron chi connectivity index (χ1n) is 7.85. The van der Waals surface area contributed by atoms with Gasteiger partial charge in [-0.05, 0) is 30.7 Å². The molecule has 0 saturated carbocycles. The zero-order valence-electron chi connectivity index (χ0n) is 14.4. The lowest BCUT2D eigenvalue weighted by molar-refractivity contribution is -0.141. The molecule has 0 unspecified atom stereocenters. The van der Waals surface area contributed by atoms with Crippen LogP contribution in [0, 0.1) is 6.92 Å². The molecule has 0 aliphatic heterocycles. The first kappa shape index (κ1) is 19.2. The highest BCUT2D eigenvalue weighted by Crippen LogP contribution is 2.32. The van der Waals surface area contributed by atoms with E-state index in [0.717, 1.165) is 32.5 Å². The normalized spacial score (nSPS) is 11.6. The average Bonchev–Trinajstić information content (AvgIpc) is 3.14. The number of amides is 1. The molecule has 6 nitrogen and oxygen atoms in total. The highest BCUT2D eigenvalue weighted by atomic mass is 79.9. The van der Waals surface area contributed by atoms with Crippen molar-refractivity contribution in [1.82, 2.24) is 19.6 Å². The first-order valence-corrected chi connectivity index (χ1v) is 8.64. The Morgan fingerprint density at radius 1 is 1.19 bits per heavy atom. The van der Waals surface area contributed by atoms with Gasteiger partial charge in [-0.25, -0.2) is 0 Å². The molecule has 1 amide bonds. The van der Waals surface area contributed by atoms with Gasteiger partial charge in [0, 0.05) is 23.3 Å². The summed E-state index contributed by atoms with van der Waals surface area (Å²) in [4.78, 5) is 12.3. The quantitative estimate of drug-likeness (QED) is 0.664. The summed E-state index contributed by atoms with van der Waals surface area (Å²) in [5.41, 5.74) is 1.28. The standard InChI is InChI=1S/C17H15BrF3N5O/c1-10-15(11-3-5-12(18)6-4-11)16(25(2)23-10)22-14(27)9-26-8-7-13(24-26)17(19,20)21/h3-8H,9H2,1-2H3,(H,22,27). The Morgan fingerprint density at radius 3 is 2.44 bits per heavy atom. The summed E-state index contributed by atoms with van der Waals surface area (Å²) in [7, 11) is 1.68. The molecule has 0 aliphatic carbocycles. The minimum atomic E-state index is -4.55. The third kappa shape index (κ3) is 4.21. The molecule has 0 spiro atoms. The summed E-state index contributed by atoms with van der Waals surface area (Å²) in [5, 5.41) is 10.4. The third-order valence-corrected chi connectivity index (χ3v) is 4.38. The predicted molar refractivity (Wildman–Crippen MR) is 96.9 cm³/mol. The Hall–Kier alpha value is -2.62. The smallest absolute Gasteiger partial charge is 0.309 e. The molecule has 3 aromatic rings.